The van der Waals surface area contributed by atoms with E-state index in [0.29, 0.717) is 31.7 Å². The van der Waals surface area contributed by atoms with Gasteiger partial charge in [-0.2, -0.15) is 5.10 Å². The number of hydrogen-bond donors (Lipinski definition) is 0. The van der Waals surface area contributed by atoms with Crippen molar-refractivity contribution in [3.63, 3.8) is 0 Å². The molecule has 7 heteroatoms. The first kappa shape index (κ1) is 20.0. The van der Waals surface area contributed by atoms with E-state index in [2.05, 4.69) is 25.9 Å². The SMILES string of the molecule is Cc1nn(CC(C)C(=O)N2CCN(Cc3ccccc3F)CC2)c(C)c1Br. The van der Waals surface area contributed by atoms with Crippen LogP contribution in [0.2, 0.25) is 0 Å². The van der Waals surface area contributed by atoms with E-state index in [4.69, 9.17) is 0 Å². The Bertz CT molecular complexity index is 814. The summed E-state index contributed by atoms with van der Waals surface area (Å²) in [6, 6.07) is 6.88. The summed E-state index contributed by atoms with van der Waals surface area (Å²) in [6.07, 6.45) is 0. The monoisotopic (exact) mass is 436 g/mol. The first-order chi connectivity index (χ1) is 12.9. The van der Waals surface area contributed by atoms with Crippen LogP contribution >= 0.6 is 15.9 Å². The van der Waals surface area contributed by atoms with Gasteiger partial charge in [-0.1, -0.05) is 25.1 Å². The Morgan fingerprint density at radius 1 is 1.22 bits per heavy atom. The van der Waals surface area contributed by atoms with Crippen molar-refractivity contribution in [1.29, 1.82) is 0 Å². The van der Waals surface area contributed by atoms with Gasteiger partial charge in [0.1, 0.15) is 5.82 Å². The van der Waals surface area contributed by atoms with Gasteiger partial charge in [-0.25, -0.2) is 4.39 Å². The topological polar surface area (TPSA) is 41.4 Å². The van der Waals surface area contributed by atoms with Crippen molar-refractivity contribution < 1.29 is 9.18 Å². The Hall–Kier alpha value is -1.73. The maximum atomic E-state index is 13.8. The lowest BCUT2D eigenvalue weighted by atomic mass is 10.1. The van der Waals surface area contributed by atoms with Crippen molar-refractivity contribution in [2.45, 2.75) is 33.9 Å². The molecule has 0 N–H and O–H groups in total. The zero-order valence-electron chi connectivity index (χ0n) is 16.1. The molecule has 27 heavy (non-hydrogen) atoms. The number of nitrogens with zero attached hydrogens (tertiary/aromatic N) is 4. The predicted molar refractivity (Wildman–Crippen MR) is 107 cm³/mol. The first-order valence-electron chi connectivity index (χ1n) is 9.31. The molecule has 1 unspecified atom stereocenters. The van der Waals surface area contributed by atoms with E-state index < -0.39 is 0 Å². The van der Waals surface area contributed by atoms with Crippen molar-refractivity contribution >= 4 is 21.8 Å². The van der Waals surface area contributed by atoms with Crippen LogP contribution in [-0.4, -0.2) is 51.7 Å². The van der Waals surface area contributed by atoms with Gasteiger partial charge in [0.15, 0.2) is 0 Å². The smallest absolute Gasteiger partial charge is 0.227 e. The normalized spacial score (nSPS) is 16.6. The number of rotatable bonds is 5. The Balaban J connectivity index is 1.53. The molecule has 5 nitrogen and oxygen atoms in total. The highest BCUT2D eigenvalue weighted by molar-refractivity contribution is 9.10. The molecule has 3 rings (SSSR count). The Kier molecular flexibility index (Phi) is 6.32. The van der Waals surface area contributed by atoms with Gasteiger partial charge in [-0.05, 0) is 35.8 Å². The second-order valence-corrected chi connectivity index (χ2v) is 8.05. The summed E-state index contributed by atoms with van der Waals surface area (Å²) in [5.41, 5.74) is 2.69. The van der Waals surface area contributed by atoms with Crippen LogP contribution in [0.15, 0.2) is 28.7 Å². The molecular weight excluding hydrogens is 411 g/mol. The number of carbonyl (C=O) groups is 1. The molecule has 0 spiro atoms. The molecule has 1 fully saturated rings. The molecular formula is C20H26BrFN4O. The summed E-state index contributed by atoms with van der Waals surface area (Å²) in [7, 11) is 0. The molecule has 1 aliphatic heterocycles. The van der Waals surface area contributed by atoms with E-state index in [1.54, 1.807) is 6.07 Å². The molecule has 2 aromatic rings. The van der Waals surface area contributed by atoms with E-state index in [1.165, 1.54) is 6.07 Å². The van der Waals surface area contributed by atoms with Gasteiger partial charge in [-0.3, -0.25) is 14.4 Å². The van der Waals surface area contributed by atoms with Gasteiger partial charge < -0.3 is 4.90 Å². The van der Waals surface area contributed by atoms with Crippen LogP contribution in [0.1, 0.15) is 23.9 Å². The van der Waals surface area contributed by atoms with Crippen LogP contribution in [0.25, 0.3) is 0 Å². The van der Waals surface area contributed by atoms with Crippen molar-refractivity contribution in [3.05, 3.63) is 51.5 Å². The third-order valence-electron chi connectivity index (χ3n) is 5.20. The summed E-state index contributed by atoms with van der Waals surface area (Å²) in [4.78, 5) is 16.9. The molecule has 1 atom stereocenters. The van der Waals surface area contributed by atoms with Gasteiger partial charge in [0.05, 0.1) is 22.6 Å². The Labute approximate surface area is 168 Å². The van der Waals surface area contributed by atoms with E-state index in [-0.39, 0.29) is 17.6 Å². The van der Waals surface area contributed by atoms with Crippen LogP contribution in [0.4, 0.5) is 4.39 Å². The minimum Gasteiger partial charge on any atom is -0.340 e. The van der Waals surface area contributed by atoms with Gasteiger partial charge in [0.25, 0.3) is 0 Å². The molecule has 1 aliphatic rings. The van der Waals surface area contributed by atoms with Crippen LogP contribution in [0, 0.1) is 25.6 Å². The second kappa shape index (κ2) is 8.52. The van der Waals surface area contributed by atoms with E-state index in [1.807, 2.05) is 42.5 Å². The van der Waals surface area contributed by atoms with E-state index in [9.17, 15) is 9.18 Å². The molecule has 0 saturated carbocycles. The number of amides is 1. The maximum absolute atomic E-state index is 13.8. The number of aromatic nitrogens is 2. The van der Waals surface area contributed by atoms with Crippen molar-refractivity contribution in [3.8, 4) is 0 Å². The predicted octanol–water partition coefficient (Wildman–Crippen LogP) is 3.38. The number of piperazine rings is 1. The molecule has 1 aromatic heterocycles. The lowest BCUT2D eigenvalue weighted by molar-refractivity contribution is -0.137. The summed E-state index contributed by atoms with van der Waals surface area (Å²) >= 11 is 3.53. The maximum Gasteiger partial charge on any atom is 0.227 e. The molecule has 1 amide bonds. The van der Waals surface area contributed by atoms with Gasteiger partial charge >= 0.3 is 0 Å². The average Bonchev–Trinajstić information content (AvgIpc) is 2.90. The molecule has 0 aliphatic carbocycles. The van der Waals surface area contributed by atoms with Crippen LogP contribution in [-0.2, 0) is 17.9 Å². The zero-order chi connectivity index (χ0) is 19.6. The Morgan fingerprint density at radius 3 is 2.48 bits per heavy atom. The fourth-order valence-electron chi connectivity index (χ4n) is 3.50. The highest BCUT2D eigenvalue weighted by atomic mass is 79.9. The number of hydrogen-bond acceptors (Lipinski definition) is 3. The number of halogens is 2. The summed E-state index contributed by atoms with van der Waals surface area (Å²) in [5, 5.41) is 4.50. The number of benzene rings is 1. The zero-order valence-corrected chi connectivity index (χ0v) is 17.7. The van der Waals surface area contributed by atoms with Gasteiger partial charge in [0, 0.05) is 44.0 Å². The first-order valence-corrected chi connectivity index (χ1v) is 10.1. The number of aryl methyl sites for hydroxylation is 1. The minimum absolute atomic E-state index is 0.131. The number of carbonyl (C=O) groups excluding carboxylic acids is 1. The molecule has 146 valence electrons. The van der Waals surface area contributed by atoms with Crippen LogP contribution in [0.5, 0.6) is 0 Å². The van der Waals surface area contributed by atoms with Crippen LogP contribution < -0.4 is 0 Å². The van der Waals surface area contributed by atoms with E-state index >= 15 is 0 Å². The fraction of sp³-hybridized carbons (Fsp3) is 0.500. The highest BCUT2D eigenvalue weighted by Gasteiger charge is 2.26. The quantitative estimate of drug-likeness (QED) is 0.721. The van der Waals surface area contributed by atoms with Gasteiger partial charge in [0.2, 0.25) is 5.91 Å². The third kappa shape index (κ3) is 4.58. The lowest BCUT2D eigenvalue weighted by Gasteiger charge is -2.36. The summed E-state index contributed by atoms with van der Waals surface area (Å²) in [6.45, 7) is 9.96. The van der Waals surface area contributed by atoms with Crippen molar-refractivity contribution in [2.75, 3.05) is 26.2 Å². The van der Waals surface area contributed by atoms with Crippen molar-refractivity contribution in [2.24, 2.45) is 5.92 Å². The average molecular weight is 437 g/mol. The minimum atomic E-state index is -0.166. The standard InChI is InChI=1S/C20H26BrFN4O/c1-14(12-26-16(3)19(21)15(2)23-26)20(27)25-10-8-24(9-11-25)13-17-6-4-5-7-18(17)22/h4-7,14H,8-13H2,1-3H3. The summed E-state index contributed by atoms with van der Waals surface area (Å²) < 4.78 is 16.7. The molecule has 1 saturated heterocycles. The largest absolute Gasteiger partial charge is 0.340 e. The molecule has 0 radical (unpaired) electrons. The lowest BCUT2D eigenvalue weighted by Crippen LogP contribution is -2.50. The van der Waals surface area contributed by atoms with Crippen LogP contribution in [0.3, 0.4) is 0 Å². The van der Waals surface area contributed by atoms with Crippen molar-refractivity contribution in [1.82, 2.24) is 19.6 Å². The second-order valence-electron chi connectivity index (χ2n) is 7.26. The molecule has 2 heterocycles. The Morgan fingerprint density at radius 2 is 1.89 bits per heavy atom. The summed E-state index contributed by atoms with van der Waals surface area (Å²) in [5.74, 6) is -0.141. The highest BCUT2D eigenvalue weighted by Crippen LogP contribution is 2.21. The van der Waals surface area contributed by atoms with Gasteiger partial charge in [-0.15, -0.1) is 0 Å². The fourth-order valence-corrected chi connectivity index (χ4v) is 3.78. The molecule has 0 bridgehead atoms. The van der Waals surface area contributed by atoms with E-state index in [0.717, 1.165) is 29.0 Å². The third-order valence-corrected chi connectivity index (χ3v) is 6.34. The molecule has 1 aromatic carbocycles.